The highest BCUT2D eigenvalue weighted by Gasteiger charge is 2.23. The molecule has 0 atom stereocenters. The first-order valence-corrected chi connectivity index (χ1v) is 15.8. The van der Waals surface area contributed by atoms with E-state index in [0.29, 0.717) is 35.0 Å². The number of aromatic hydroxyl groups is 1. The van der Waals surface area contributed by atoms with Crippen LogP contribution in [-0.2, 0) is 11.3 Å². The summed E-state index contributed by atoms with van der Waals surface area (Å²) in [7, 11) is 6.01. The monoisotopic (exact) mass is 628 g/mol. The summed E-state index contributed by atoms with van der Waals surface area (Å²) in [5.74, 6) is 7.32. The number of rotatable bonds is 17. The van der Waals surface area contributed by atoms with Crippen molar-refractivity contribution in [2.75, 3.05) is 35.0 Å². The summed E-state index contributed by atoms with van der Waals surface area (Å²) in [6.45, 7) is 1.50. The van der Waals surface area contributed by atoms with Crippen molar-refractivity contribution in [2.45, 2.75) is 64.4 Å². The summed E-state index contributed by atoms with van der Waals surface area (Å²) in [5, 5.41) is 11.0. The van der Waals surface area contributed by atoms with Gasteiger partial charge in [-0.3, -0.25) is 4.79 Å². The van der Waals surface area contributed by atoms with Crippen LogP contribution in [0.1, 0.15) is 68.9 Å². The summed E-state index contributed by atoms with van der Waals surface area (Å²) >= 11 is 0. The molecule has 4 rings (SSSR count). The molecule has 0 spiro atoms. The van der Waals surface area contributed by atoms with Gasteiger partial charge in [-0.25, -0.2) is 0 Å². The van der Waals surface area contributed by atoms with E-state index >= 15 is 0 Å². The number of fused-ring (bicyclic) bond motifs is 1. The second-order valence-corrected chi connectivity index (χ2v) is 11.0. The van der Waals surface area contributed by atoms with Gasteiger partial charge in [0.15, 0.2) is 28.6 Å². The fraction of sp³-hybridized carbons (Fsp3) is 0.395. The number of methoxy groups -OCH3 is 4. The van der Waals surface area contributed by atoms with Crippen LogP contribution in [0.3, 0.4) is 0 Å². The standard InChI is InChI=1S/C38H44O8/c1-41-31-22-21-29(25-32(31)42-2)35-34(40)33(39)30-24-28(36(43-3)38(44-4)37(30)46-35)20-16-11-9-7-5-6-8-10-12-17-23-45-26-27-18-14-13-15-19-27/h13-15,18-19,21-22,24-25,40H,5-12,17,23,26H2,1-4H3. The molecule has 244 valence electrons. The van der Waals surface area contributed by atoms with Gasteiger partial charge >= 0.3 is 0 Å². The number of hydrogen-bond donors (Lipinski definition) is 1. The number of ether oxygens (including phenoxy) is 5. The van der Waals surface area contributed by atoms with Crippen LogP contribution in [0.4, 0.5) is 0 Å². The lowest BCUT2D eigenvalue weighted by molar-refractivity contribution is 0.116. The van der Waals surface area contributed by atoms with E-state index in [4.69, 9.17) is 28.1 Å². The molecule has 3 aromatic carbocycles. The van der Waals surface area contributed by atoms with Crippen LogP contribution in [-0.4, -0.2) is 40.2 Å². The van der Waals surface area contributed by atoms with Gasteiger partial charge in [0, 0.05) is 18.6 Å². The van der Waals surface area contributed by atoms with Crippen LogP contribution in [0.25, 0.3) is 22.3 Å². The van der Waals surface area contributed by atoms with Crippen LogP contribution >= 0.6 is 0 Å². The van der Waals surface area contributed by atoms with Gasteiger partial charge in [-0.05, 0) is 42.7 Å². The first-order valence-electron chi connectivity index (χ1n) is 15.8. The average molecular weight is 629 g/mol. The van der Waals surface area contributed by atoms with Crippen molar-refractivity contribution in [1.82, 2.24) is 0 Å². The van der Waals surface area contributed by atoms with E-state index in [2.05, 4.69) is 24.0 Å². The lowest BCUT2D eigenvalue weighted by atomic mass is 10.1. The van der Waals surface area contributed by atoms with Crippen molar-refractivity contribution in [1.29, 1.82) is 0 Å². The third-order valence-electron chi connectivity index (χ3n) is 7.80. The van der Waals surface area contributed by atoms with Gasteiger partial charge in [0.05, 0.1) is 46.0 Å². The number of benzene rings is 3. The zero-order valence-corrected chi connectivity index (χ0v) is 27.3. The largest absolute Gasteiger partial charge is 0.502 e. The molecule has 0 radical (unpaired) electrons. The van der Waals surface area contributed by atoms with Crippen LogP contribution in [0, 0.1) is 11.8 Å². The Morgan fingerprint density at radius 1 is 0.739 bits per heavy atom. The Kier molecular flexibility index (Phi) is 13.2. The zero-order chi connectivity index (χ0) is 32.7. The lowest BCUT2D eigenvalue weighted by Gasteiger charge is -2.14. The summed E-state index contributed by atoms with van der Waals surface area (Å²) < 4.78 is 33.8. The summed E-state index contributed by atoms with van der Waals surface area (Å²) in [6, 6.07) is 16.8. The van der Waals surface area contributed by atoms with Crippen molar-refractivity contribution in [3.05, 3.63) is 75.9 Å². The first kappa shape index (κ1) is 34.3. The number of unbranched alkanes of at least 4 members (excludes halogenated alkanes) is 8. The van der Waals surface area contributed by atoms with E-state index in [-0.39, 0.29) is 22.5 Å². The fourth-order valence-corrected chi connectivity index (χ4v) is 5.33. The second kappa shape index (κ2) is 17.8. The highest BCUT2D eigenvalue weighted by molar-refractivity contribution is 5.91. The molecule has 8 nitrogen and oxygen atoms in total. The van der Waals surface area contributed by atoms with E-state index in [1.165, 1.54) is 66.1 Å². The van der Waals surface area contributed by atoms with E-state index in [1.807, 2.05) is 18.2 Å². The zero-order valence-electron chi connectivity index (χ0n) is 27.3. The Hall–Kier alpha value is -4.61. The van der Waals surface area contributed by atoms with Crippen molar-refractivity contribution in [3.8, 4) is 51.9 Å². The molecule has 0 aliphatic rings. The minimum Gasteiger partial charge on any atom is -0.502 e. The molecule has 0 aliphatic carbocycles. The molecule has 1 N–H and O–H groups in total. The van der Waals surface area contributed by atoms with Gasteiger partial charge in [-0.1, -0.05) is 80.7 Å². The summed E-state index contributed by atoms with van der Waals surface area (Å²) in [4.78, 5) is 13.3. The quantitative estimate of drug-likeness (QED) is 0.0922. The molecule has 0 aliphatic heterocycles. The van der Waals surface area contributed by atoms with E-state index in [1.54, 1.807) is 24.3 Å². The Morgan fingerprint density at radius 2 is 1.41 bits per heavy atom. The maximum absolute atomic E-state index is 13.3. The molecule has 0 saturated carbocycles. The van der Waals surface area contributed by atoms with E-state index in [0.717, 1.165) is 32.3 Å². The topological polar surface area (TPSA) is 96.6 Å². The van der Waals surface area contributed by atoms with Crippen molar-refractivity contribution in [3.63, 3.8) is 0 Å². The van der Waals surface area contributed by atoms with Crippen LogP contribution in [0.5, 0.6) is 28.7 Å². The molecule has 4 aromatic rings. The maximum atomic E-state index is 13.3. The van der Waals surface area contributed by atoms with Crippen molar-refractivity contribution in [2.24, 2.45) is 0 Å². The Labute approximate surface area is 271 Å². The maximum Gasteiger partial charge on any atom is 0.235 e. The van der Waals surface area contributed by atoms with Gasteiger partial charge in [0.1, 0.15) is 0 Å². The third kappa shape index (κ3) is 8.76. The molecule has 46 heavy (non-hydrogen) atoms. The first-order chi connectivity index (χ1) is 22.5. The smallest absolute Gasteiger partial charge is 0.235 e. The molecule has 1 heterocycles. The molecular weight excluding hydrogens is 584 g/mol. The SMILES string of the molecule is COc1ccc(-c2oc3c(OC)c(OC)c(C#CCCCCCCCCCCOCc4ccccc4)cc3c(=O)c2O)cc1OC. The third-order valence-corrected chi connectivity index (χ3v) is 7.80. The highest BCUT2D eigenvalue weighted by Crippen LogP contribution is 2.42. The predicted octanol–water partition coefficient (Wildman–Crippen LogP) is 8.28. The van der Waals surface area contributed by atoms with Gasteiger partial charge in [0.2, 0.25) is 16.9 Å². The van der Waals surface area contributed by atoms with Gasteiger partial charge in [-0.2, -0.15) is 0 Å². The fourth-order valence-electron chi connectivity index (χ4n) is 5.33. The van der Waals surface area contributed by atoms with Crippen LogP contribution < -0.4 is 24.4 Å². The van der Waals surface area contributed by atoms with Gasteiger partial charge in [-0.15, -0.1) is 0 Å². The summed E-state index contributed by atoms with van der Waals surface area (Å²) in [6.07, 6.45) is 10.0. The second-order valence-electron chi connectivity index (χ2n) is 11.0. The van der Waals surface area contributed by atoms with Gasteiger partial charge in [0.25, 0.3) is 0 Å². The van der Waals surface area contributed by atoms with E-state index < -0.39 is 11.2 Å². The molecule has 0 unspecified atom stereocenters. The molecule has 8 heteroatoms. The van der Waals surface area contributed by atoms with Crippen LogP contribution in [0.2, 0.25) is 0 Å². The molecule has 0 saturated heterocycles. The molecule has 0 bridgehead atoms. The molecular formula is C38H44O8. The molecule has 0 fully saturated rings. The highest BCUT2D eigenvalue weighted by atomic mass is 16.5. The molecule has 0 amide bonds. The predicted molar refractivity (Wildman–Crippen MR) is 180 cm³/mol. The minimum atomic E-state index is -0.602. The minimum absolute atomic E-state index is 0.0227. The Bertz CT molecular complexity index is 1680. The number of hydrogen-bond acceptors (Lipinski definition) is 8. The van der Waals surface area contributed by atoms with Crippen molar-refractivity contribution < 1.29 is 33.2 Å². The Balaban J connectivity index is 1.31. The van der Waals surface area contributed by atoms with Crippen LogP contribution in [0.15, 0.2) is 63.8 Å². The normalized spacial score (nSPS) is 10.8. The van der Waals surface area contributed by atoms with Gasteiger partial charge < -0.3 is 33.2 Å². The van der Waals surface area contributed by atoms with E-state index in [9.17, 15) is 9.90 Å². The molecule has 1 aromatic heterocycles. The average Bonchev–Trinajstić information content (AvgIpc) is 3.09. The summed E-state index contributed by atoms with van der Waals surface area (Å²) in [5.41, 5.74) is 1.69. The lowest BCUT2D eigenvalue weighted by Crippen LogP contribution is -2.06. The van der Waals surface area contributed by atoms with Crippen molar-refractivity contribution >= 4 is 11.0 Å². The Morgan fingerprint density at radius 3 is 2.09 bits per heavy atom.